The molecule has 0 aliphatic heterocycles. The number of aromatic amines is 2. The van der Waals surface area contributed by atoms with Crippen molar-refractivity contribution < 1.29 is 52.8 Å². The molecule has 0 aliphatic rings. The van der Waals surface area contributed by atoms with Crippen molar-refractivity contribution in [1.82, 2.24) is 20.6 Å². The van der Waals surface area contributed by atoms with Crippen LogP contribution in [-0.2, 0) is 64.2 Å². The van der Waals surface area contributed by atoms with Crippen LogP contribution in [0.1, 0.15) is 77.6 Å². The molecular weight excluding hydrogens is 895 g/mol. The first-order valence-corrected chi connectivity index (χ1v) is 22.4. The number of fused-ring (bicyclic) bond motifs is 2. The number of esters is 2. The van der Waals surface area contributed by atoms with Gasteiger partial charge in [-0.2, -0.15) is 0 Å². The van der Waals surface area contributed by atoms with E-state index in [4.69, 9.17) is 25.1 Å². The number of nitrogens with two attached hydrogens (primary N) is 1. The average molecular weight is 964 g/mol. The summed E-state index contributed by atoms with van der Waals surface area (Å²) in [6.45, 7) is 11.0. The molecule has 2 aromatic heterocycles. The van der Waals surface area contributed by atoms with Gasteiger partial charge in [-0.15, -0.1) is 0 Å². The molecule has 2 heterocycles. The highest BCUT2D eigenvalue weighted by Gasteiger charge is 2.36. The molecule has 0 spiro atoms. The van der Waals surface area contributed by atoms with Gasteiger partial charge in [0.25, 0.3) is 0 Å². The molecule has 0 saturated carbocycles. The number of amides is 2. The lowest BCUT2D eigenvalue weighted by atomic mass is 9.81. The first-order chi connectivity index (χ1) is 32.7. The summed E-state index contributed by atoms with van der Waals surface area (Å²) in [6, 6.07) is 31.8. The number of Topliss-reactive ketones (excluding diaryl/α,β-unsaturated/α-hetero) is 1. The number of hydrogen-bond donors (Lipinski definition) is 6. The monoisotopic (exact) mass is 963 g/mol. The third kappa shape index (κ3) is 17.6. The lowest BCUT2D eigenvalue weighted by Crippen LogP contribution is -2.50. The second-order valence-corrected chi connectivity index (χ2v) is 18.5. The highest BCUT2D eigenvalue weighted by Crippen LogP contribution is 2.27. The number of alkyl carbamates (subject to hydrolysis) is 2. The van der Waals surface area contributed by atoms with Gasteiger partial charge in [-0.1, -0.05) is 146 Å². The van der Waals surface area contributed by atoms with E-state index in [0.717, 1.165) is 44.1 Å². The molecule has 4 atom stereocenters. The minimum atomic E-state index is -1.08. The second kappa shape index (κ2) is 26.9. The Hall–Kier alpha value is -7.46. The molecule has 0 fully saturated rings. The topological polar surface area (TPSA) is 241 Å². The summed E-state index contributed by atoms with van der Waals surface area (Å²) >= 11 is 0. The Morgan fingerprint density at radius 3 is 1.40 bits per heavy atom. The fraction of sp³-hybridized carbons (Fsp3) is 0.370. The Balaban J connectivity index is 0.000000304. The van der Waals surface area contributed by atoms with Gasteiger partial charge in [-0.3, -0.25) is 14.4 Å². The highest BCUT2D eigenvalue weighted by molar-refractivity contribution is 5.92. The standard InChI is InChI=1S/C27H32N2O5.C14H19NO4.C12H14N2O2.CH4/c1-27(2,3)24(29-26(32)34-17-18-10-6-5-7-11-18)23(30)15-19(25(31)33-4)14-20-16-28-22-13-9-8-12-21(20)22;1-14(2,3)11(12(16)17)15-13(18)19-9-10-7-5-4-6-8-10;1-16-12(15)10(13)6-8-7-14-11-5-3-2-4-9(8)11;/h5-13,16,19,24,28H,14-15,17H2,1-4H3,(H,29,32);4-8,11H,9H2,1-3H3,(H,15,18)(H,16,17);2-5,7,10,14H,6,13H2,1H3;1H4/t19?,24-;11-;;/m11../s1. The molecule has 7 N–H and O–H groups in total. The molecule has 0 aliphatic carbocycles. The fourth-order valence-corrected chi connectivity index (χ4v) is 7.30. The van der Waals surface area contributed by atoms with Crippen molar-refractivity contribution in [3.8, 4) is 0 Å². The number of para-hydroxylation sites is 2. The van der Waals surface area contributed by atoms with Gasteiger partial charge in [0, 0.05) is 47.0 Å². The van der Waals surface area contributed by atoms with E-state index in [2.05, 4.69) is 25.3 Å². The maximum atomic E-state index is 13.3. The number of rotatable bonds is 16. The molecule has 0 bridgehead atoms. The third-order valence-corrected chi connectivity index (χ3v) is 11.0. The summed E-state index contributed by atoms with van der Waals surface area (Å²) in [5.41, 5.74) is 10.2. The third-order valence-electron chi connectivity index (χ3n) is 11.0. The molecule has 16 heteroatoms. The number of methoxy groups -OCH3 is 2. The Kier molecular flexibility index (Phi) is 21.9. The maximum Gasteiger partial charge on any atom is 0.408 e. The van der Waals surface area contributed by atoms with E-state index in [9.17, 15) is 28.8 Å². The van der Waals surface area contributed by atoms with Gasteiger partial charge in [0.1, 0.15) is 25.3 Å². The molecule has 0 saturated heterocycles. The number of H-pyrrole nitrogens is 2. The number of benzene rings is 4. The molecule has 16 nitrogen and oxygen atoms in total. The van der Waals surface area contributed by atoms with Gasteiger partial charge in [-0.25, -0.2) is 14.4 Å². The predicted molar refractivity (Wildman–Crippen MR) is 270 cm³/mol. The summed E-state index contributed by atoms with van der Waals surface area (Å²) in [5.74, 6) is -2.85. The second-order valence-electron chi connectivity index (χ2n) is 18.5. The lowest BCUT2D eigenvalue weighted by molar-refractivity contribution is -0.147. The van der Waals surface area contributed by atoms with Gasteiger partial charge in [0.05, 0.1) is 26.2 Å². The number of aliphatic carboxylic acids is 1. The molecule has 70 heavy (non-hydrogen) atoms. The van der Waals surface area contributed by atoms with Gasteiger partial charge in [0.2, 0.25) is 0 Å². The van der Waals surface area contributed by atoms with Crippen molar-refractivity contribution in [2.45, 2.75) is 99.6 Å². The van der Waals surface area contributed by atoms with Crippen LogP contribution >= 0.6 is 0 Å². The zero-order chi connectivity index (χ0) is 50.7. The minimum absolute atomic E-state index is 0. The fourth-order valence-electron chi connectivity index (χ4n) is 7.30. The number of nitrogens with one attached hydrogen (secondary N) is 4. The summed E-state index contributed by atoms with van der Waals surface area (Å²) in [5, 5.41) is 16.2. The Labute approximate surface area is 410 Å². The van der Waals surface area contributed by atoms with Crippen LogP contribution in [0, 0.1) is 16.7 Å². The van der Waals surface area contributed by atoms with E-state index in [0.29, 0.717) is 12.8 Å². The molecule has 6 rings (SSSR count). The minimum Gasteiger partial charge on any atom is -0.480 e. The Morgan fingerprint density at radius 1 is 0.586 bits per heavy atom. The molecular formula is C54H69N5O11. The number of ether oxygens (including phenoxy) is 4. The number of carboxylic acids is 1. The average Bonchev–Trinajstić information content (AvgIpc) is 3.94. The number of aromatic nitrogens is 2. The Bertz CT molecular complexity index is 2610. The van der Waals surface area contributed by atoms with Gasteiger partial charge < -0.3 is 50.4 Å². The van der Waals surface area contributed by atoms with Crippen LogP contribution in [-0.4, -0.2) is 83.3 Å². The lowest BCUT2D eigenvalue weighted by Gasteiger charge is -2.30. The molecule has 376 valence electrons. The van der Waals surface area contributed by atoms with E-state index in [1.807, 2.05) is 142 Å². The van der Waals surface area contributed by atoms with E-state index in [1.54, 1.807) is 20.8 Å². The zero-order valence-electron chi connectivity index (χ0n) is 40.5. The van der Waals surface area contributed by atoms with Gasteiger partial charge in [0.15, 0.2) is 5.78 Å². The number of hydrogen-bond acceptors (Lipinski definition) is 11. The predicted octanol–water partition coefficient (Wildman–Crippen LogP) is 9.06. The van der Waals surface area contributed by atoms with E-state index >= 15 is 0 Å². The van der Waals surface area contributed by atoms with E-state index < -0.39 is 59.0 Å². The molecule has 4 aromatic carbocycles. The van der Waals surface area contributed by atoms with Crippen LogP contribution in [0.25, 0.3) is 21.8 Å². The molecule has 6 aromatic rings. The summed E-state index contributed by atoms with van der Waals surface area (Å²) < 4.78 is 19.9. The van der Waals surface area contributed by atoms with Crippen LogP contribution in [0.15, 0.2) is 122 Å². The molecule has 2 unspecified atom stereocenters. The van der Waals surface area contributed by atoms with Crippen molar-refractivity contribution in [2.75, 3.05) is 14.2 Å². The zero-order valence-corrected chi connectivity index (χ0v) is 40.5. The van der Waals surface area contributed by atoms with Crippen LogP contribution in [0.5, 0.6) is 0 Å². The quantitative estimate of drug-likeness (QED) is 0.0393. The van der Waals surface area contributed by atoms with E-state index in [-0.39, 0.29) is 38.8 Å². The van der Waals surface area contributed by atoms with Crippen molar-refractivity contribution in [3.05, 3.63) is 144 Å². The van der Waals surface area contributed by atoms with Crippen molar-refractivity contribution in [3.63, 3.8) is 0 Å². The maximum absolute atomic E-state index is 13.3. The largest absolute Gasteiger partial charge is 0.480 e. The number of ketones is 1. The van der Waals surface area contributed by atoms with Crippen LogP contribution in [0.3, 0.4) is 0 Å². The highest BCUT2D eigenvalue weighted by atomic mass is 16.6. The van der Waals surface area contributed by atoms with Crippen molar-refractivity contribution >= 4 is 57.7 Å². The Morgan fingerprint density at radius 2 is 0.986 bits per heavy atom. The SMILES string of the molecule is C.CC(C)(C)[C@H](NC(=O)OCc1ccccc1)C(=O)O.COC(=O)C(CC(=O)[C@@H](NC(=O)OCc1ccccc1)C(C)(C)C)Cc1c[nH]c2ccccc12.COC(=O)C(N)Cc1c[nH]c2ccccc12. The number of carboxylic acid groups (broad SMARTS) is 1. The van der Waals surface area contributed by atoms with Crippen molar-refractivity contribution in [2.24, 2.45) is 22.5 Å². The van der Waals surface area contributed by atoms with Crippen LogP contribution < -0.4 is 16.4 Å². The molecule has 2 amide bonds. The molecule has 0 radical (unpaired) electrons. The van der Waals surface area contributed by atoms with Gasteiger partial charge >= 0.3 is 30.1 Å². The summed E-state index contributed by atoms with van der Waals surface area (Å²) in [6.07, 6.45) is 3.09. The number of carbonyl (C=O) groups is 6. The normalized spacial score (nSPS) is 12.7. The van der Waals surface area contributed by atoms with Gasteiger partial charge in [-0.05, 0) is 51.6 Å². The van der Waals surface area contributed by atoms with Crippen LogP contribution in [0.2, 0.25) is 0 Å². The smallest absolute Gasteiger partial charge is 0.408 e. The van der Waals surface area contributed by atoms with E-state index in [1.165, 1.54) is 14.2 Å². The summed E-state index contributed by atoms with van der Waals surface area (Å²) in [7, 11) is 2.66. The number of carbonyl (C=O) groups excluding carboxylic acids is 5. The van der Waals surface area contributed by atoms with Crippen LogP contribution in [0.4, 0.5) is 9.59 Å². The summed E-state index contributed by atoms with van der Waals surface area (Å²) in [4.78, 5) is 78.6. The first kappa shape index (κ1) is 56.9. The van der Waals surface area contributed by atoms with Crippen molar-refractivity contribution in [1.29, 1.82) is 0 Å². The first-order valence-electron chi connectivity index (χ1n) is 22.4.